The summed E-state index contributed by atoms with van der Waals surface area (Å²) in [4.78, 5) is 0. The van der Waals surface area contributed by atoms with Crippen LogP contribution in [0.1, 0.15) is 29.7 Å². The van der Waals surface area contributed by atoms with Gasteiger partial charge >= 0.3 is 0 Å². The molecule has 0 saturated heterocycles. The Bertz CT molecular complexity index is 583. The smallest absolute Gasteiger partial charge is 0.0408 e. The fraction of sp³-hybridized carbons (Fsp3) is 0.294. The molecule has 106 valence electrons. The predicted octanol–water partition coefficient (Wildman–Crippen LogP) is 5.30. The van der Waals surface area contributed by atoms with Crippen molar-refractivity contribution in [3.63, 3.8) is 0 Å². The minimum absolute atomic E-state index is 0.286. The van der Waals surface area contributed by atoms with Crippen molar-refractivity contribution < 1.29 is 0 Å². The maximum atomic E-state index is 6.07. The van der Waals surface area contributed by atoms with Gasteiger partial charge in [0, 0.05) is 15.5 Å². The van der Waals surface area contributed by atoms with Crippen LogP contribution >= 0.6 is 27.5 Å². The number of halogens is 2. The first-order valence-corrected chi connectivity index (χ1v) is 8.01. The van der Waals surface area contributed by atoms with E-state index in [1.165, 1.54) is 16.7 Å². The Morgan fingerprint density at radius 2 is 2.00 bits per heavy atom. The molecule has 0 spiro atoms. The van der Waals surface area contributed by atoms with Crippen LogP contribution in [0.3, 0.4) is 0 Å². The number of hydrogen-bond donors (Lipinski definition) is 1. The van der Waals surface area contributed by atoms with E-state index in [1.54, 1.807) is 0 Å². The average molecular weight is 353 g/mol. The Balaban J connectivity index is 2.26. The topological polar surface area (TPSA) is 12.0 Å². The summed E-state index contributed by atoms with van der Waals surface area (Å²) >= 11 is 9.75. The fourth-order valence-electron chi connectivity index (χ4n) is 2.35. The molecule has 1 atom stereocenters. The van der Waals surface area contributed by atoms with Crippen LogP contribution in [-0.2, 0) is 6.42 Å². The highest BCUT2D eigenvalue weighted by Gasteiger charge is 2.14. The summed E-state index contributed by atoms with van der Waals surface area (Å²) in [6.45, 7) is 5.17. The van der Waals surface area contributed by atoms with Crippen LogP contribution in [0.25, 0.3) is 0 Å². The quantitative estimate of drug-likeness (QED) is 0.769. The summed E-state index contributed by atoms with van der Waals surface area (Å²) in [5.74, 6) is 0. The van der Waals surface area contributed by atoms with Gasteiger partial charge in [-0.05, 0) is 54.8 Å². The minimum atomic E-state index is 0.286. The Morgan fingerprint density at radius 1 is 1.20 bits per heavy atom. The Kier molecular flexibility index (Phi) is 5.64. The molecule has 0 aliphatic rings. The second-order valence-electron chi connectivity index (χ2n) is 4.97. The molecule has 1 N–H and O–H groups in total. The summed E-state index contributed by atoms with van der Waals surface area (Å²) < 4.78 is 1.16. The predicted molar refractivity (Wildman–Crippen MR) is 90.5 cm³/mol. The standard InChI is InChI=1S/C17H19BrClN/c1-3-20-17(11-13-5-4-6-14(19)10-13)15-8-7-12(2)9-16(15)18/h4-10,17,20H,3,11H2,1-2H3. The van der Waals surface area contributed by atoms with Gasteiger partial charge in [0.05, 0.1) is 0 Å². The van der Waals surface area contributed by atoms with Gasteiger partial charge in [-0.3, -0.25) is 0 Å². The first-order valence-electron chi connectivity index (χ1n) is 6.84. The highest BCUT2D eigenvalue weighted by atomic mass is 79.9. The van der Waals surface area contributed by atoms with E-state index in [4.69, 9.17) is 11.6 Å². The van der Waals surface area contributed by atoms with Crippen molar-refractivity contribution in [2.75, 3.05) is 6.54 Å². The van der Waals surface area contributed by atoms with E-state index in [9.17, 15) is 0 Å². The molecule has 3 heteroatoms. The molecule has 1 nitrogen and oxygen atoms in total. The zero-order valence-electron chi connectivity index (χ0n) is 11.8. The van der Waals surface area contributed by atoms with Crippen molar-refractivity contribution in [1.29, 1.82) is 0 Å². The third-order valence-corrected chi connectivity index (χ3v) is 4.23. The summed E-state index contributed by atoms with van der Waals surface area (Å²) in [7, 11) is 0. The molecule has 2 rings (SSSR count). The lowest BCUT2D eigenvalue weighted by Crippen LogP contribution is -2.23. The van der Waals surface area contributed by atoms with Gasteiger partial charge in [0.1, 0.15) is 0 Å². The summed E-state index contributed by atoms with van der Waals surface area (Å²) in [6.07, 6.45) is 0.927. The zero-order valence-corrected chi connectivity index (χ0v) is 14.1. The van der Waals surface area contributed by atoms with Gasteiger partial charge < -0.3 is 5.32 Å². The van der Waals surface area contributed by atoms with Crippen molar-refractivity contribution in [3.05, 3.63) is 68.7 Å². The first kappa shape index (κ1) is 15.6. The highest BCUT2D eigenvalue weighted by Crippen LogP contribution is 2.27. The van der Waals surface area contributed by atoms with Crippen LogP contribution in [0.15, 0.2) is 46.9 Å². The van der Waals surface area contributed by atoms with Crippen LogP contribution in [0.5, 0.6) is 0 Å². The molecule has 2 aromatic carbocycles. The third-order valence-electron chi connectivity index (χ3n) is 3.31. The lowest BCUT2D eigenvalue weighted by Gasteiger charge is -2.20. The summed E-state index contributed by atoms with van der Waals surface area (Å²) in [6, 6.07) is 14.9. The lowest BCUT2D eigenvalue weighted by atomic mass is 9.98. The maximum Gasteiger partial charge on any atom is 0.0408 e. The van der Waals surface area contributed by atoms with E-state index in [0.717, 1.165) is 22.5 Å². The van der Waals surface area contributed by atoms with Gasteiger partial charge in [-0.25, -0.2) is 0 Å². The number of likely N-dealkylation sites (N-methyl/N-ethyl adjacent to an activating group) is 1. The Morgan fingerprint density at radius 3 is 2.65 bits per heavy atom. The minimum Gasteiger partial charge on any atom is -0.310 e. The van der Waals surface area contributed by atoms with E-state index in [0.29, 0.717) is 0 Å². The lowest BCUT2D eigenvalue weighted by molar-refractivity contribution is 0.548. The second-order valence-corrected chi connectivity index (χ2v) is 6.26. The normalized spacial score (nSPS) is 12.4. The monoisotopic (exact) mass is 351 g/mol. The van der Waals surface area contributed by atoms with Gasteiger partial charge in [0.15, 0.2) is 0 Å². The Hall–Kier alpha value is -0.830. The summed E-state index contributed by atoms with van der Waals surface area (Å²) in [5, 5.41) is 4.35. The first-order chi connectivity index (χ1) is 9.60. The van der Waals surface area contributed by atoms with Gasteiger partial charge in [-0.15, -0.1) is 0 Å². The second kappa shape index (κ2) is 7.26. The molecule has 0 heterocycles. The zero-order chi connectivity index (χ0) is 14.5. The van der Waals surface area contributed by atoms with Crippen molar-refractivity contribution in [3.8, 4) is 0 Å². The van der Waals surface area contributed by atoms with E-state index >= 15 is 0 Å². The number of nitrogens with one attached hydrogen (secondary N) is 1. The molecular weight excluding hydrogens is 334 g/mol. The van der Waals surface area contributed by atoms with Gasteiger partial charge in [0.25, 0.3) is 0 Å². The van der Waals surface area contributed by atoms with Crippen LogP contribution in [0, 0.1) is 6.92 Å². The number of benzene rings is 2. The summed E-state index contributed by atoms with van der Waals surface area (Å²) in [5.41, 5.74) is 3.80. The molecule has 0 aliphatic heterocycles. The van der Waals surface area contributed by atoms with Gasteiger partial charge in [-0.1, -0.05) is 58.7 Å². The fourth-order valence-corrected chi connectivity index (χ4v) is 3.34. The van der Waals surface area contributed by atoms with E-state index in [-0.39, 0.29) is 6.04 Å². The van der Waals surface area contributed by atoms with Crippen LogP contribution in [-0.4, -0.2) is 6.54 Å². The molecule has 0 bridgehead atoms. The highest BCUT2D eigenvalue weighted by molar-refractivity contribution is 9.10. The largest absolute Gasteiger partial charge is 0.310 e. The molecule has 0 aliphatic carbocycles. The molecule has 20 heavy (non-hydrogen) atoms. The number of rotatable bonds is 5. The van der Waals surface area contributed by atoms with Gasteiger partial charge in [0.2, 0.25) is 0 Å². The molecule has 0 saturated carbocycles. The van der Waals surface area contributed by atoms with E-state index in [1.807, 2.05) is 18.2 Å². The maximum absolute atomic E-state index is 6.07. The molecule has 0 fully saturated rings. The van der Waals surface area contributed by atoms with Crippen molar-refractivity contribution >= 4 is 27.5 Å². The number of aryl methyl sites for hydroxylation is 1. The average Bonchev–Trinajstić information content (AvgIpc) is 2.38. The van der Waals surface area contributed by atoms with Crippen molar-refractivity contribution in [2.45, 2.75) is 26.3 Å². The molecule has 0 amide bonds. The van der Waals surface area contributed by atoms with Crippen molar-refractivity contribution in [1.82, 2.24) is 5.32 Å². The van der Waals surface area contributed by atoms with E-state index < -0.39 is 0 Å². The van der Waals surface area contributed by atoms with Crippen LogP contribution < -0.4 is 5.32 Å². The molecule has 1 unspecified atom stereocenters. The van der Waals surface area contributed by atoms with E-state index in [2.05, 4.69) is 59.4 Å². The van der Waals surface area contributed by atoms with Crippen molar-refractivity contribution in [2.24, 2.45) is 0 Å². The molecule has 0 aromatic heterocycles. The number of hydrogen-bond acceptors (Lipinski definition) is 1. The Labute approximate surface area is 134 Å². The third kappa shape index (κ3) is 4.08. The SMILES string of the molecule is CCNC(Cc1cccc(Cl)c1)c1ccc(C)cc1Br. The van der Waals surface area contributed by atoms with Crippen LogP contribution in [0.2, 0.25) is 5.02 Å². The van der Waals surface area contributed by atoms with Crippen LogP contribution in [0.4, 0.5) is 0 Å². The molecular formula is C17H19BrClN. The van der Waals surface area contributed by atoms with Gasteiger partial charge in [-0.2, -0.15) is 0 Å². The molecule has 2 aromatic rings. The molecule has 0 radical (unpaired) electrons.